The van der Waals surface area contributed by atoms with Crippen LogP contribution in [-0.2, 0) is 9.59 Å². The standard InChI is InChI=1S/C26H26FN3O3S/c1-3-33-21-13-10-19(11-14-21)23-9-6-16-29(23)25(32)15-12-20-17-34-26(28-20)30(18(2)31)24-8-5-4-7-22(24)27/h4-5,7-8,10-15,17,23H,3,6,9,16H2,1-2H3. The second kappa shape index (κ2) is 10.6. The van der Waals surface area contributed by atoms with Gasteiger partial charge in [-0.25, -0.2) is 9.37 Å². The molecule has 1 unspecified atom stereocenters. The largest absolute Gasteiger partial charge is 0.494 e. The van der Waals surface area contributed by atoms with Crippen molar-refractivity contribution in [2.24, 2.45) is 0 Å². The fraction of sp³-hybridized carbons (Fsp3) is 0.269. The summed E-state index contributed by atoms with van der Waals surface area (Å²) in [7, 11) is 0. The van der Waals surface area contributed by atoms with Crippen LogP contribution in [0.1, 0.15) is 44.0 Å². The molecule has 1 saturated heterocycles. The second-order valence-electron chi connectivity index (χ2n) is 7.89. The summed E-state index contributed by atoms with van der Waals surface area (Å²) in [5, 5.41) is 2.09. The van der Waals surface area contributed by atoms with Gasteiger partial charge in [-0.1, -0.05) is 24.3 Å². The summed E-state index contributed by atoms with van der Waals surface area (Å²) < 4.78 is 19.8. The molecule has 1 atom stereocenters. The molecule has 1 aliphatic rings. The summed E-state index contributed by atoms with van der Waals surface area (Å²) in [6.07, 6.45) is 4.99. The number of hydrogen-bond acceptors (Lipinski definition) is 5. The maximum Gasteiger partial charge on any atom is 0.247 e. The zero-order chi connectivity index (χ0) is 24.1. The predicted molar refractivity (Wildman–Crippen MR) is 132 cm³/mol. The first kappa shape index (κ1) is 23.6. The van der Waals surface area contributed by atoms with Crippen molar-refractivity contribution in [1.29, 1.82) is 0 Å². The lowest BCUT2D eigenvalue weighted by Crippen LogP contribution is -2.28. The summed E-state index contributed by atoms with van der Waals surface area (Å²) in [5.74, 6) is -0.129. The number of hydrogen-bond donors (Lipinski definition) is 0. The number of rotatable bonds is 7. The molecule has 0 saturated carbocycles. The highest BCUT2D eigenvalue weighted by Gasteiger charge is 2.29. The molecule has 6 nitrogen and oxygen atoms in total. The van der Waals surface area contributed by atoms with E-state index in [9.17, 15) is 14.0 Å². The molecule has 2 aromatic carbocycles. The van der Waals surface area contributed by atoms with Crippen LogP contribution in [-0.4, -0.2) is 34.8 Å². The van der Waals surface area contributed by atoms with E-state index in [1.54, 1.807) is 23.6 Å². The van der Waals surface area contributed by atoms with Crippen LogP contribution in [0.25, 0.3) is 6.08 Å². The van der Waals surface area contributed by atoms with Crippen LogP contribution in [0.4, 0.5) is 15.2 Å². The average molecular weight is 480 g/mol. The molecule has 8 heteroatoms. The number of carbonyl (C=O) groups is 2. The SMILES string of the molecule is CCOc1ccc(C2CCCN2C(=O)C=Cc2csc(N(C(C)=O)c3ccccc3F)n2)cc1. The van der Waals surface area contributed by atoms with Crippen molar-refractivity contribution >= 4 is 40.0 Å². The van der Waals surface area contributed by atoms with Crippen molar-refractivity contribution in [3.63, 3.8) is 0 Å². The van der Waals surface area contributed by atoms with Gasteiger partial charge in [0.25, 0.3) is 0 Å². The van der Waals surface area contributed by atoms with Crippen LogP contribution in [0.15, 0.2) is 60.0 Å². The molecule has 0 bridgehead atoms. The number of carbonyl (C=O) groups excluding carboxylic acids is 2. The van der Waals surface area contributed by atoms with E-state index in [1.807, 2.05) is 36.1 Å². The molecular formula is C26H26FN3O3S. The van der Waals surface area contributed by atoms with E-state index in [0.29, 0.717) is 24.0 Å². The van der Waals surface area contributed by atoms with E-state index in [4.69, 9.17) is 4.74 Å². The molecule has 4 rings (SSSR count). The van der Waals surface area contributed by atoms with E-state index in [1.165, 1.54) is 41.4 Å². The van der Waals surface area contributed by atoms with Crippen LogP contribution in [0, 0.1) is 5.82 Å². The maximum absolute atomic E-state index is 14.3. The van der Waals surface area contributed by atoms with Crippen LogP contribution in [0.5, 0.6) is 5.75 Å². The van der Waals surface area contributed by atoms with Gasteiger partial charge in [0.1, 0.15) is 11.6 Å². The Labute approximate surface area is 202 Å². The zero-order valence-corrected chi connectivity index (χ0v) is 19.9. The Morgan fingerprint density at radius 1 is 1.24 bits per heavy atom. The number of para-hydroxylation sites is 1. The summed E-state index contributed by atoms with van der Waals surface area (Å²) in [6, 6.07) is 14.0. The molecular weight excluding hydrogens is 453 g/mol. The molecule has 0 radical (unpaired) electrons. The molecule has 1 fully saturated rings. The van der Waals surface area contributed by atoms with E-state index in [-0.39, 0.29) is 23.5 Å². The quantitative estimate of drug-likeness (QED) is 0.405. The Morgan fingerprint density at radius 3 is 2.71 bits per heavy atom. The van der Waals surface area contributed by atoms with E-state index in [0.717, 1.165) is 24.2 Å². The third-order valence-corrected chi connectivity index (χ3v) is 6.46. The lowest BCUT2D eigenvalue weighted by Gasteiger charge is -2.24. The summed E-state index contributed by atoms with van der Waals surface area (Å²) in [4.78, 5) is 32.7. The Hall–Kier alpha value is -3.52. The van der Waals surface area contributed by atoms with Crippen molar-refractivity contribution < 1.29 is 18.7 Å². The minimum Gasteiger partial charge on any atom is -0.494 e. The summed E-state index contributed by atoms with van der Waals surface area (Å²) in [5.41, 5.74) is 1.76. The third-order valence-electron chi connectivity index (χ3n) is 5.62. The number of halogens is 1. The molecule has 0 N–H and O–H groups in total. The van der Waals surface area contributed by atoms with Crippen LogP contribution in [0.2, 0.25) is 0 Å². The molecule has 3 aromatic rings. The van der Waals surface area contributed by atoms with Gasteiger partial charge in [0.2, 0.25) is 11.8 Å². The molecule has 1 aromatic heterocycles. The van der Waals surface area contributed by atoms with Crippen LogP contribution >= 0.6 is 11.3 Å². The highest BCUT2D eigenvalue weighted by atomic mass is 32.1. The first-order valence-electron chi connectivity index (χ1n) is 11.2. The lowest BCUT2D eigenvalue weighted by molar-refractivity contribution is -0.126. The molecule has 2 heterocycles. The Morgan fingerprint density at radius 2 is 2.00 bits per heavy atom. The van der Waals surface area contributed by atoms with Gasteiger partial charge < -0.3 is 9.64 Å². The Kier molecular flexibility index (Phi) is 7.37. The van der Waals surface area contributed by atoms with Crippen LogP contribution in [0.3, 0.4) is 0 Å². The molecule has 2 amide bonds. The first-order chi connectivity index (χ1) is 16.5. The number of likely N-dealkylation sites (tertiary alicyclic amines) is 1. The highest BCUT2D eigenvalue weighted by Crippen LogP contribution is 2.34. The number of benzene rings is 2. The van der Waals surface area contributed by atoms with Gasteiger partial charge in [-0.2, -0.15) is 0 Å². The fourth-order valence-electron chi connectivity index (χ4n) is 4.08. The van der Waals surface area contributed by atoms with Gasteiger partial charge in [-0.3, -0.25) is 14.5 Å². The number of ether oxygens (including phenoxy) is 1. The van der Waals surface area contributed by atoms with Crippen molar-refractivity contribution in [1.82, 2.24) is 9.88 Å². The minimum absolute atomic E-state index is 0.0214. The zero-order valence-electron chi connectivity index (χ0n) is 19.1. The van der Waals surface area contributed by atoms with E-state index in [2.05, 4.69) is 4.98 Å². The number of nitrogens with zero attached hydrogens (tertiary/aromatic N) is 3. The van der Waals surface area contributed by atoms with Crippen molar-refractivity contribution in [3.05, 3.63) is 77.1 Å². The van der Waals surface area contributed by atoms with Gasteiger partial charge in [-0.05, 0) is 55.7 Å². The van der Waals surface area contributed by atoms with Gasteiger partial charge in [0.15, 0.2) is 5.13 Å². The number of anilines is 2. The van der Waals surface area contributed by atoms with Crippen molar-refractivity contribution in [3.8, 4) is 5.75 Å². The smallest absolute Gasteiger partial charge is 0.247 e. The van der Waals surface area contributed by atoms with Crippen LogP contribution < -0.4 is 9.64 Å². The van der Waals surface area contributed by atoms with Crippen molar-refractivity contribution in [2.75, 3.05) is 18.1 Å². The van der Waals surface area contributed by atoms with E-state index < -0.39 is 5.82 Å². The topological polar surface area (TPSA) is 62.7 Å². The number of amides is 2. The lowest BCUT2D eigenvalue weighted by atomic mass is 10.0. The molecule has 0 aliphatic carbocycles. The molecule has 0 spiro atoms. The van der Waals surface area contributed by atoms with Gasteiger partial charge in [0.05, 0.1) is 24.0 Å². The molecule has 176 valence electrons. The predicted octanol–water partition coefficient (Wildman–Crippen LogP) is 5.74. The fourth-order valence-corrected chi connectivity index (χ4v) is 4.93. The first-order valence-corrected chi connectivity index (χ1v) is 12.1. The van der Waals surface area contributed by atoms with E-state index >= 15 is 0 Å². The highest BCUT2D eigenvalue weighted by molar-refractivity contribution is 7.14. The number of thiazole rings is 1. The minimum atomic E-state index is -0.505. The summed E-state index contributed by atoms with van der Waals surface area (Å²) >= 11 is 1.22. The maximum atomic E-state index is 14.3. The number of aromatic nitrogens is 1. The van der Waals surface area contributed by atoms with Gasteiger partial charge in [-0.15, -0.1) is 11.3 Å². The van der Waals surface area contributed by atoms with Gasteiger partial charge in [0, 0.05) is 24.9 Å². The second-order valence-corrected chi connectivity index (χ2v) is 8.72. The summed E-state index contributed by atoms with van der Waals surface area (Å²) in [6.45, 7) is 4.61. The Balaban J connectivity index is 1.48. The normalized spacial score (nSPS) is 15.6. The Bertz CT molecular complexity index is 1190. The monoisotopic (exact) mass is 479 g/mol. The third kappa shape index (κ3) is 5.17. The molecule has 1 aliphatic heterocycles. The van der Waals surface area contributed by atoms with Crippen molar-refractivity contribution in [2.45, 2.75) is 32.7 Å². The molecule has 34 heavy (non-hydrogen) atoms. The van der Waals surface area contributed by atoms with Gasteiger partial charge >= 0.3 is 0 Å². The average Bonchev–Trinajstić information content (AvgIpc) is 3.50.